The SMILES string of the molecule is CCN(Cc1ccc2c(c1)OCCO2)C(=O)COC(=O)c1ccc2c(c1)CCC2. The molecule has 0 aromatic heterocycles. The maximum Gasteiger partial charge on any atom is 0.338 e. The molecule has 2 aliphatic rings. The Kier molecular flexibility index (Phi) is 5.69. The van der Waals surface area contributed by atoms with E-state index < -0.39 is 5.97 Å². The zero-order valence-corrected chi connectivity index (χ0v) is 16.6. The van der Waals surface area contributed by atoms with Gasteiger partial charge in [-0.05, 0) is 67.1 Å². The number of fused-ring (bicyclic) bond motifs is 2. The Hall–Kier alpha value is -3.02. The van der Waals surface area contributed by atoms with Crippen LogP contribution in [0.4, 0.5) is 0 Å². The summed E-state index contributed by atoms with van der Waals surface area (Å²) in [6.45, 7) is 3.63. The first-order chi connectivity index (χ1) is 14.1. The number of rotatable bonds is 6. The molecule has 4 rings (SSSR count). The van der Waals surface area contributed by atoms with Gasteiger partial charge in [0, 0.05) is 13.1 Å². The smallest absolute Gasteiger partial charge is 0.338 e. The van der Waals surface area contributed by atoms with Gasteiger partial charge in [0.25, 0.3) is 5.91 Å². The highest BCUT2D eigenvalue weighted by molar-refractivity contribution is 5.91. The third-order valence-corrected chi connectivity index (χ3v) is 5.38. The third-order valence-electron chi connectivity index (χ3n) is 5.38. The summed E-state index contributed by atoms with van der Waals surface area (Å²) in [6, 6.07) is 11.3. The molecule has 2 aromatic rings. The minimum absolute atomic E-state index is 0.225. The lowest BCUT2D eigenvalue weighted by atomic mass is 10.1. The van der Waals surface area contributed by atoms with Crippen molar-refractivity contribution in [2.24, 2.45) is 0 Å². The van der Waals surface area contributed by atoms with Crippen LogP contribution in [0.25, 0.3) is 0 Å². The number of likely N-dealkylation sites (N-methyl/N-ethyl adjacent to an activating group) is 1. The van der Waals surface area contributed by atoms with Crippen molar-refractivity contribution in [1.29, 1.82) is 0 Å². The van der Waals surface area contributed by atoms with Gasteiger partial charge in [0.2, 0.25) is 0 Å². The van der Waals surface area contributed by atoms with Gasteiger partial charge in [0.15, 0.2) is 18.1 Å². The Balaban J connectivity index is 1.34. The van der Waals surface area contributed by atoms with Gasteiger partial charge >= 0.3 is 5.97 Å². The molecule has 29 heavy (non-hydrogen) atoms. The Morgan fingerprint density at radius 2 is 1.79 bits per heavy atom. The van der Waals surface area contributed by atoms with Crippen molar-refractivity contribution in [3.63, 3.8) is 0 Å². The van der Waals surface area contributed by atoms with Crippen molar-refractivity contribution in [1.82, 2.24) is 4.90 Å². The zero-order valence-electron chi connectivity index (χ0n) is 16.6. The number of amides is 1. The van der Waals surface area contributed by atoms with E-state index in [2.05, 4.69) is 0 Å². The van der Waals surface area contributed by atoms with E-state index in [-0.39, 0.29) is 12.5 Å². The first-order valence-corrected chi connectivity index (χ1v) is 10.1. The summed E-state index contributed by atoms with van der Waals surface area (Å²) in [4.78, 5) is 26.6. The minimum Gasteiger partial charge on any atom is -0.486 e. The average Bonchev–Trinajstić information content (AvgIpc) is 3.23. The maximum atomic E-state index is 12.6. The highest BCUT2D eigenvalue weighted by Crippen LogP contribution is 2.31. The fraction of sp³-hybridized carbons (Fsp3) is 0.391. The van der Waals surface area contributed by atoms with Gasteiger partial charge in [-0.1, -0.05) is 12.1 Å². The molecule has 0 spiro atoms. The predicted molar refractivity (Wildman–Crippen MR) is 107 cm³/mol. The largest absolute Gasteiger partial charge is 0.486 e. The molecule has 1 aliphatic carbocycles. The highest BCUT2D eigenvalue weighted by atomic mass is 16.6. The monoisotopic (exact) mass is 395 g/mol. The van der Waals surface area contributed by atoms with Crippen LogP contribution in [0.1, 0.15) is 40.4 Å². The van der Waals surface area contributed by atoms with Crippen molar-refractivity contribution in [2.45, 2.75) is 32.7 Å². The molecule has 0 unspecified atom stereocenters. The molecule has 0 saturated carbocycles. The fourth-order valence-corrected chi connectivity index (χ4v) is 3.78. The molecule has 2 aromatic carbocycles. The van der Waals surface area contributed by atoms with E-state index in [1.807, 2.05) is 37.3 Å². The van der Waals surface area contributed by atoms with Crippen LogP contribution in [-0.2, 0) is 28.9 Å². The lowest BCUT2D eigenvalue weighted by Crippen LogP contribution is -2.34. The molecule has 1 heterocycles. The number of benzene rings is 2. The number of ether oxygens (including phenoxy) is 3. The topological polar surface area (TPSA) is 65.1 Å². The standard InChI is InChI=1S/C23H25NO5/c1-2-24(14-16-6-9-20-21(12-16)28-11-10-27-20)22(25)15-29-23(26)19-8-7-17-4-3-5-18(17)13-19/h6-9,12-13H,2-5,10-11,14-15H2,1H3. The minimum atomic E-state index is -0.455. The average molecular weight is 395 g/mol. The number of esters is 1. The first kappa shape index (κ1) is 19.3. The molecule has 1 aliphatic heterocycles. The van der Waals surface area contributed by atoms with E-state index in [1.54, 1.807) is 11.0 Å². The fourth-order valence-electron chi connectivity index (χ4n) is 3.78. The van der Waals surface area contributed by atoms with Crippen molar-refractivity contribution < 1.29 is 23.8 Å². The normalized spacial score (nSPS) is 14.2. The number of nitrogens with zero attached hydrogens (tertiary/aromatic N) is 1. The third kappa shape index (κ3) is 4.36. The van der Waals surface area contributed by atoms with E-state index >= 15 is 0 Å². The Bertz CT molecular complexity index is 923. The molecule has 0 N–H and O–H groups in total. The van der Waals surface area contributed by atoms with Gasteiger partial charge in [-0.2, -0.15) is 0 Å². The summed E-state index contributed by atoms with van der Waals surface area (Å²) in [6.07, 6.45) is 3.18. The second-order valence-electron chi connectivity index (χ2n) is 7.30. The molecule has 0 atom stereocenters. The van der Waals surface area contributed by atoms with Crippen LogP contribution in [0.2, 0.25) is 0 Å². The van der Waals surface area contributed by atoms with Crippen LogP contribution in [0.15, 0.2) is 36.4 Å². The molecule has 1 amide bonds. The molecule has 6 nitrogen and oxygen atoms in total. The van der Waals surface area contributed by atoms with Crippen molar-refractivity contribution in [3.8, 4) is 11.5 Å². The molecule has 0 bridgehead atoms. The van der Waals surface area contributed by atoms with Crippen molar-refractivity contribution >= 4 is 11.9 Å². The summed E-state index contributed by atoms with van der Waals surface area (Å²) in [5.74, 6) is 0.735. The first-order valence-electron chi connectivity index (χ1n) is 10.1. The Morgan fingerprint density at radius 1 is 1.00 bits per heavy atom. The van der Waals surface area contributed by atoms with Crippen LogP contribution in [0.3, 0.4) is 0 Å². The summed E-state index contributed by atoms with van der Waals surface area (Å²) in [7, 11) is 0. The second kappa shape index (κ2) is 8.55. The van der Waals surface area contributed by atoms with Crippen LogP contribution in [0.5, 0.6) is 11.5 Å². The van der Waals surface area contributed by atoms with Gasteiger partial charge in [-0.15, -0.1) is 0 Å². The molecule has 0 saturated heterocycles. The second-order valence-corrected chi connectivity index (χ2v) is 7.30. The van der Waals surface area contributed by atoms with Crippen molar-refractivity contribution in [2.75, 3.05) is 26.4 Å². The lowest BCUT2D eigenvalue weighted by Gasteiger charge is -2.23. The summed E-state index contributed by atoms with van der Waals surface area (Å²) in [5, 5.41) is 0. The Labute approximate surface area is 170 Å². The molecule has 152 valence electrons. The van der Waals surface area contributed by atoms with Crippen LogP contribution >= 0.6 is 0 Å². The highest BCUT2D eigenvalue weighted by Gasteiger charge is 2.19. The van der Waals surface area contributed by atoms with E-state index in [1.165, 1.54) is 11.1 Å². The summed E-state index contributed by atoms with van der Waals surface area (Å²) < 4.78 is 16.4. The van der Waals surface area contributed by atoms with Crippen LogP contribution in [-0.4, -0.2) is 43.1 Å². The van der Waals surface area contributed by atoms with E-state index in [4.69, 9.17) is 14.2 Å². The van der Waals surface area contributed by atoms with E-state index in [0.29, 0.717) is 37.6 Å². The van der Waals surface area contributed by atoms with Crippen LogP contribution < -0.4 is 9.47 Å². The van der Waals surface area contributed by atoms with Gasteiger partial charge in [-0.3, -0.25) is 4.79 Å². The molecular formula is C23H25NO5. The van der Waals surface area contributed by atoms with Gasteiger partial charge in [0.05, 0.1) is 5.56 Å². The van der Waals surface area contributed by atoms with Gasteiger partial charge in [0.1, 0.15) is 13.2 Å². The van der Waals surface area contributed by atoms with E-state index in [0.717, 1.165) is 30.6 Å². The summed E-state index contributed by atoms with van der Waals surface area (Å²) in [5.41, 5.74) is 3.96. The number of carbonyl (C=O) groups excluding carboxylic acids is 2. The predicted octanol–water partition coefficient (Wildman–Crippen LogP) is 3.15. The van der Waals surface area contributed by atoms with Crippen LogP contribution in [0, 0.1) is 0 Å². The van der Waals surface area contributed by atoms with E-state index in [9.17, 15) is 9.59 Å². The Morgan fingerprint density at radius 3 is 2.62 bits per heavy atom. The zero-order chi connectivity index (χ0) is 20.2. The number of hydrogen-bond acceptors (Lipinski definition) is 5. The summed E-state index contributed by atoms with van der Waals surface area (Å²) >= 11 is 0. The maximum absolute atomic E-state index is 12.6. The molecule has 6 heteroatoms. The molecule has 0 radical (unpaired) electrons. The molecular weight excluding hydrogens is 370 g/mol. The quantitative estimate of drug-likeness (QED) is 0.703. The van der Waals surface area contributed by atoms with Gasteiger partial charge in [-0.25, -0.2) is 4.79 Å². The number of aryl methyl sites for hydroxylation is 2. The van der Waals surface area contributed by atoms with Crippen molar-refractivity contribution in [3.05, 3.63) is 58.7 Å². The number of hydrogen-bond donors (Lipinski definition) is 0. The molecule has 0 fully saturated rings. The van der Waals surface area contributed by atoms with Gasteiger partial charge < -0.3 is 19.1 Å². The number of carbonyl (C=O) groups is 2. The lowest BCUT2D eigenvalue weighted by molar-refractivity contribution is -0.134.